The van der Waals surface area contributed by atoms with Gasteiger partial charge in [0.2, 0.25) is 5.91 Å². The number of hydrogen-bond acceptors (Lipinski definition) is 4. The third-order valence-corrected chi connectivity index (χ3v) is 3.83. The van der Waals surface area contributed by atoms with Crippen molar-refractivity contribution in [2.75, 3.05) is 0 Å². The fourth-order valence-corrected chi connectivity index (χ4v) is 2.94. The summed E-state index contributed by atoms with van der Waals surface area (Å²) < 4.78 is 0.0572. The average Bonchev–Trinajstić information content (AvgIpc) is 2.46. The Balaban J connectivity index is 2.85. The van der Waals surface area contributed by atoms with E-state index in [-0.39, 0.29) is 22.3 Å². The number of amides is 1. The largest absolute Gasteiger partial charge is 0.366 e. The van der Waals surface area contributed by atoms with Gasteiger partial charge < -0.3 is 11.5 Å². The van der Waals surface area contributed by atoms with Gasteiger partial charge in [-0.25, -0.2) is 0 Å². The molecular weight excluding hydrogens is 338 g/mol. The van der Waals surface area contributed by atoms with Crippen molar-refractivity contribution in [2.24, 2.45) is 11.5 Å². The number of primary amides is 1. The number of nitrogens with zero attached hydrogens (tertiary/aromatic N) is 1. The van der Waals surface area contributed by atoms with E-state index < -0.39 is 10.8 Å². The average molecular weight is 350 g/mol. The van der Waals surface area contributed by atoms with E-state index in [1.54, 1.807) is 30.3 Å². The molecule has 0 bridgehead atoms. The molecule has 0 aliphatic rings. The van der Waals surface area contributed by atoms with Crippen LogP contribution in [0.25, 0.3) is 11.1 Å². The van der Waals surface area contributed by atoms with Gasteiger partial charge in [-0.15, -0.1) is 0 Å². The summed E-state index contributed by atoms with van der Waals surface area (Å²) in [6.07, 6.45) is 0. The summed E-state index contributed by atoms with van der Waals surface area (Å²) in [6.45, 7) is 0.0503. The minimum absolute atomic E-state index is 0.0453. The van der Waals surface area contributed by atoms with E-state index in [1.807, 2.05) is 6.07 Å². The lowest BCUT2D eigenvalue weighted by Gasteiger charge is -2.12. The van der Waals surface area contributed by atoms with Gasteiger partial charge in [0.25, 0.3) is 5.69 Å². The van der Waals surface area contributed by atoms with Crippen LogP contribution in [0.2, 0.25) is 0 Å². The summed E-state index contributed by atoms with van der Waals surface area (Å²) in [5, 5.41) is 11.4. The minimum Gasteiger partial charge on any atom is -0.366 e. The van der Waals surface area contributed by atoms with E-state index in [2.05, 4.69) is 15.9 Å². The molecule has 0 radical (unpaired) electrons. The Morgan fingerprint density at radius 1 is 1.29 bits per heavy atom. The van der Waals surface area contributed by atoms with Crippen molar-refractivity contribution >= 4 is 27.5 Å². The van der Waals surface area contributed by atoms with Crippen LogP contribution in [0.3, 0.4) is 0 Å². The molecule has 108 valence electrons. The van der Waals surface area contributed by atoms with E-state index >= 15 is 0 Å². The maximum atomic E-state index is 11.5. The van der Waals surface area contributed by atoms with Crippen LogP contribution in [0.4, 0.5) is 5.69 Å². The van der Waals surface area contributed by atoms with Crippen molar-refractivity contribution < 1.29 is 9.72 Å². The summed E-state index contributed by atoms with van der Waals surface area (Å²) in [7, 11) is 0. The maximum Gasteiger partial charge on any atom is 0.292 e. The zero-order valence-corrected chi connectivity index (χ0v) is 12.5. The van der Waals surface area contributed by atoms with Gasteiger partial charge in [-0.2, -0.15) is 0 Å². The Kier molecular flexibility index (Phi) is 4.35. The summed E-state index contributed by atoms with van der Waals surface area (Å²) in [4.78, 5) is 22.4. The molecular formula is C14H12BrN3O3. The number of nitro groups is 1. The van der Waals surface area contributed by atoms with Gasteiger partial charge >= 0.3 is 0 Å². The molecule has 0 aliphatic heterocycles. The minimum atomic E-state index is -0.759. The van der Waals surface area contributed by atoms with Gasteiger partial charge in [0.15, 0.2) is 0 Å². The van der Waals surface area contributed by atoms with Crippen molar-refractivity contribution in [3.63, 3.8) is 0 Å². The molecule has 0 saturated carbocycles. The van der Waals surface area contributed by atoms with Crippen molar-refractivity contribution in [2.45, 2.75) is 6.54 Å². The van der Waals surface area contributed by atoms with Crippen LogP contribution in [0.5, 0.6) is 0 Å². The monoisotopic (exact) mass is 349 g/mol. The number of hydrogen-bond donors (Lipinski definition) is 2. The van der Waals surface area contributed by atoms with E-state index in [4.69, 9.17) is 11.5 Å². The second-order valence-corrected chi connectivity index (χ2v) is 5.11. The molecule has 0 heterocycles. The predicted molar refractivity (Wildman–Crippen MR) is 82.6 cm³/mol. The number of carbonyl (C=O) groups excluding carboxylic acids is 1. The standard InChI is InChI=1S/C14H12BrN3O3/c15-12-11(14(17)19)9(7-16)6-10(13(12)18(20)21)8-4-2-1-3-5-8/h1-6H,7,16H2,(H2,17,19). The lowest BCUT2D eigenvalue weighted by atomic mass is 9.96. The Labute approximate surface area is 129 Å². The smallest absolute Gasteiger partial charge is 0.292 e. The highest BCUT2D eigenvalue weighted by atomic mass is 79.9. The molecule has 2 rings (SSSR count). The molecule has 6 nitrogen and oxygen atoms in total. The molecule has 0 saturated heterocycles. The first-order valence-corrected chi connectivity index (χ1v) is 6.81. The molecule has 0 spiro atoms. The zero-order valence-electron chi connectivity index (χ0n) is 10.9. The van der Waals surface area contributed by atoms with Crippen LogP contribution in [0.1, 0.15) is 15.9 Å². The maximum absolute atomic E-state index is 11.5. The van der Waals surface area contributed by atoms with Gasteiger partial charge in [-0.05, 0) is 33.1 Å². The molecule has 0 unspecified atom stereocenters. The van der Waals surface area contributed by atoms with E-state index in [9.17, 15) is 14.9 Å². The van der Waals surface area contributed by atoms with Crippen LogP contribution < -0.4 is 11.5 Å². The first-order valence-electron chi connectivity index (χ1n) is 6.02. The first-order chi connectivity index (χ1) is 9.97. The third kappa shape index (κ3) is 2.79. The highest BCUT2D eigenvalue weighted by Gasteiger charge is 2.27. The Morgan fingerprint density at radius 3 is 2.38 bits per heavy atom. The summed E-state index contributed by atoms with van der Waals surface area (Å²) in [6, 6.07) is 10.4. The number of halogens is 1. The molecule has 0 fully saturated rings. The molecule has 7 heteroatoms. The van der Waals surface area contributed by atoms with E-state index in [0.717, 1.165) is 0 Å². The second-order valence-electron chi connectivity index (χ2n) is 4.31. The van der Waals surface area contributed by atoms with Crippen LogP contribution >= 0.6 is 15.9 Å². The number of carbonyl (C=O) groups is 1. The quantitative estimate of drug-likeness (QED) is 0.652. The van der Waals surface area contributed by atoms with Gasteiger partial charge in [-0.1, -0.05) is 30.3 Å². The van der Waals surface area contributed by atoms with Crippen LogP contribution in [-0.2, 0) is 6.54 Å². The fourth-order valence-electron chi connectivity index (χ4n) is 2.14. The lowest BCUT2D eigenvalue weighted by molar-refractivity contribution is -0.385. The molecule has 1 amide bonds. The van der Waals surface area contributed by atoms with Crippen LogP contribution in [-0.4, -0.2) is 10.8 Å². The van der Waals surface area contributed by atoms with Gasteiger partial charge in [0.1, 0.15) is 4.47 Å². The van der Waals surface area contributed by atoms with E-state index in [1.165, 1.54) is 0 Å². The first kappa shape index (κ1) is 15.1. The number of rotatable bonds is 4. The molecule has 4 N–H and O–H groups in total. The van der Waals surface area contributed by atoms with Crippen LogP contribution in [0, 0.1) is 10.1 Å². The molecule has 2 aromatic rings. The molecule has 2 aromatic carbocycles. The Morgan fingerprint density at radius 2 is 1.90 bits per heavy atom. The SMILES string of the molecule is NCc1cc(-c2ccccc2)c([N+](=O)[O-])c(Br)c1C(N)=O. The number of nitro benzene ring substituents is 1. The third-order valence-electron chi connectivity index (χ3n) is 3.06. The molecule has 0 atom stereocenters. The summed E-state index contributed by atoms with van der Waals surface area (Å²) in [5.41, 5.74) is 12.3. The van der Waals surface area contributed by atoms with Crippen LogP contribution in [0.15, 0.2) is 40.9 Å². The molecule has 0 aromatic heterocycles. The van der Waals surface area contributed by atoms with Gasteiger partial charge in [-0.3, -0.25) is 14.9 Å². The molecule has 0 aliphatic carbocycles. The van der Waals surface area contributed by atoms with Crippen molar-refractivity contribution in [1.29, 1.82) is 0 Å². The Bertz CT molecular complexity index is 717. The van der Waals surface area contributed by atoms with Crippen molar-refractivity contribution in [1.82, 2.24) is 0 Å². The Hall–Kier alpha value is -2.25. The normalized spacial score (nSPS) is 10.4. The predicted octanol–water partition coefficient (Wildman–Crippen LogP) is 2.58. The molecule has 21 heavy (non-hydrogen) atoms. The summed E-state index contributed by atoms with van der Waals surface area (Å²) >= 11 is 3.12. The number of benzene rings is 2. The summed E-state index contributed by atoms with van der Waals surface area (Å²) in [5.74, 6) is -0.759. The topological polar surface area (TPSA) is 112 Å². The highest BCUT2D eigenvalue weighted by molar-refractivity contribution is 9.10. The highest BCUT2D eigenvalue weighted by Crippen LogP contribution is 2.40. The van der Waals surface area contributed by atoms with Gasteiger partial charge in [0, 0.05) is 6.54 Å². The zero-order chi connectivity index (χ0) is 15.6. The van der Waals surface area contributed by atoms with Crippen molar-refractivity contribution in [3.8, 4) is 11.1 Å². The fraction of sp³-hybridized carbons (Fsp3) is 0.0714. The lowest BCUT2D eigenvalue weighted by Crippen LogP contribution is -2.17. The number of nitrogens with two attached hydrogens (primary N) is 2. The van der Waals surface area contributed by atoms with E-state index in [0.29, 0.717) is 16.7 Å². The van der Waals surface area contributed by atoms with Crippen molar-refractivity contribution in [3.05, 3.63) is 62.1 Å². The second kappa shape index (κ2) is 6.02. The van der Waals surface area contributed by atoms with Gasteiger partial charge in [0.05, 0.1) is 16.1 Å².